The summed E-state index contributed by atoms with van der Waals surface area (Å²) < 4.78 is 22.2. The van der Waals surface area contributed by atoms with E-state index in [1.54, 1.807) is 0 Å². The minimum Gasteiger partial charge on any atom is -0.370 e. The molecule has 2 amide bonds. The summed E-state index contributed by atoms with van der Waals surface area (Å²) in [7, 11) is -1.02. The van der Waals surface area contributed by atoms with Gasteiger partial charge in [-0.1, -0.05) is 25.0 Å². The van der Waals surface area contributed by atoms with Crippen LogP contribution in [0.2, 0.25) is 0 Å². The third-order valence-corrected chi connectivity index (χ3v) is 5.11. The average molecular weight is 339 g/mol. The van der Waals surface area contributed by atoms with Crippen LogP contribution in [0.5, 0.6) is 0 Å². The number of benzene rings is 1. The number of sulfone groups is 1. The number of urea groups is 1. The van der Waals surface area contributed by atoms with Gasteiger partial charge in [-0.05, 0) is 25.0 Å². The second-order valence-electron chi connectivity index (χ2n) is 6.08. The maximum atomic E-state index is 12.0. The zero-order valence-electron chi connectivity index (χ0n) is 13.7. The molecule has 1 saturated carbocycles. The van der Waals surface area contributed by atoms with Gasteiger partial charge in [0.15, 0.2) is 0 Å². The highest BCUT2D eigenvalue weighted by Crippen LogP contribution is 2.31. The zero-order valence-corrected chi connectivity index (χ0v) is 14.5. The van der Waals surface area contributed by atoms with E-state index in [-0.39, 0.29) is 18.3 Å². The molecule has 0 aromatic heterocycles. The van der Waals surface area contributed by atoms with Crippen molar-refractivity contribution in [1.29, 1.82) is 0 Å². The molecule has 0 saturated heterocycles. The Morgan fingerprint density at radius 2 is 1.91 bits per heavy atom. The maximum absolute atomic E-state index is 12.0. The molecule has 0 atom stereocenters. The van der Waals surface area contributed by atoms with E-state index in [2.05, 4.69) is 22.6 Å². The first-order chi connectivity index (χ1) is 10.9. The summed E-state index contributed by atoms with van der Waals surface area (Å²) in [5.74, 6) is -0.0654. The Morgan fingerprint density at radius 3 is 2.57 bits per heavy atom. The number of rotatable bonds is 6. The van der Waals surface area contributed by atoms with Crippen molar-refractivity contribution in [3.8, 4) is 0 Å². The zero-order chi connectivity index (χ0) is 16.9. The van der Waals surface area contributed by atoms with E-state index < -0.39 is 9.84 Å². The number of hydrogen-bond donors (Lipinski definition) is 2. The van der Waals surface area contributed by atoms with E-state index in [9.17, 15) is 13.2 Å². The third-order valence-electron chi connectivity index (χ3n) is 4.16. The Morgan fingerprint density at radius 1 is 1.26 bits per heavy atom. The molecular formula is C16H25N3O3S. The fourth-order valence-electron chi connectivity index (χ4n) is 2.89. The monoisotopic (exact) mass is 339 g/mol. The molecule has 0 bridgehead atoms. The quantitative estimate of drug-likeness (QED) is 0.833. The Balaban J connectivity index is 1.98. The van der Waals surface area contributed by atoms with Crippen LogP contribution in [0.4, 0.5) is 16.2 Å². The highest BCUT2D eigenvalue weighted by Gasteiger charge is 2.21. The molecule has 23 heavy (non-hydrogen) atoms. The van der Waals surface area contributed by atoms with Gasteiger partial charge in [-0.15, -0.1) is 0 Å². The van der Waals surface area contributed by atoms with Crippen LogP contribution in [0, 0.1) is 0 Å². The highest BCUT2D eigenvalue weighted by molar-refractivity contribution is 7.90. The van der Waals surface area contributed by atoms with Gasteiger partial charge < -0.3 is 15.5 Å². The summed E-state index contributed by atoms with van der Waals surface area (Å²) in [6, 6.07) is 7.79. The van der Waals surface area contributed by atoms with Crippen LogP contribution in [0.15, 0.2) is 24.3 Å². The summed E-state index contributed by atoms with van der Waals surface area (Å²) in [5.41, 5.74) is 1.72. The molecule has 1 aromatic carbocycles. The molecule has 7 heteroatoms. The topological polar surface area (TPSA) is 78.5 Å². The molecule has 0 unspecified atom stereocenters. The first-order valence-electron chi connectivity index (χ1n) is 7.91. The van der Waals surface area contributed by atoms with Crippen LogP contribution in [-0.4, -0.2) is 46.1 Å². The first kappa shape index (κ1) is 17.6. The second kappa shape index (κ2) is 7.68. The number of nitrogens with one attached hydrogen (secondary N) is 2. The van der Waals surface area contributed by atoms with E-state index in [0.717, 1.165) is 17.6 Å². The number of amides is 2. The molecule has 128 valence electrons. The van der Waals surface area contributed by atoms with Crippen molar-refractivity contribution in [3.63, 3.8) is 0 Å². The molecule has 6 nitrogen and oxygen atoms in total. The molecule has 2 N–H and O–H groups in total. The van der Waals surface area contributed by atoms with Crippen molar-refractivity contribution in [2.24, 2.45) is 0 Å². The number of nitrogens with zero attached hydrogens (tertiary/aromatic N) is 1. The van der Waals surface area contributed by atoms with E-state index in [1.165, 1.54) is 25.7 Å². The number of carbonyl (C=O) groups is 1. The maximum Gasteiger partial charge on any atom is 0.319 e. The molecule has 1 aliphatic carbocycles. The van der Waals surface area contributed by atoms with Crippen molar-refractivity contribution in [3.05, 3.63) is 24.3 Å². The SMILES string of the molecule is CN(c1ccccc1NC(=O)NCCS(C)(=O)=O)C1CCCC1. The molecule has 1 fully saturated rings. The van der Waals surface area contributed by atoms with Gasteiger partial charge in [0, 0.05) is 25.9 Å². The smallest absolute Gasteiger partial charge is 0.319 e. The van der Waals surface area contributed by atoms with Crippen molar-refractivity contribution < 1.29 is 13.2 Å². The summed E-state index contributed by atoms with van der Waals surface area (Å²) in [6.07, 6.45) is 5.99. The minimum atomic E-state index is -3.08. The molecular weight excluding hydrogens is 314 g/mol. The first-order valence-corrected chi connectivity index (χ1v) is 9.97. The van der Waals surface area contributed by atoms with Crippen molar-refractivity contribution >= 4 is 27.2 Å². The van der Waals surface area contributed by atoms with Gasteiger partial charge >= 0.3 is 6.03 Å². The van der Waals surface area contributed by atoms with Crippen molar-refractivity contribution in [2.75, 3.05) is 35.8 Å². The van der Waals surface area contributed by atoms with Gasteiger partial charge in [-0.3, -0.25) is 0 Å². The Kier molecular flexibility index (Phi) is 5.87. The molecule has 0 radical (unpaired) electrons. The Hall–Kier alpha value is -1.76. The predicted octanol–water partition coefficient (Wildman–Crippen LogP) is 2.23. The summed E-state index contributed by atoms with van der Waals surface area (Å²) in [5, 5.41) is 5.39. The van der Waals surface area contributed by atoms with Gasteiger partial charge in [0.1, 0.15) is 9.84 Å². The number of para-hydroxylation sites is 2. The standard InChI is InChI=1S/C16H25N3O3S/c1-19(13-7-3-4-8-13)15-10-6-5-9-14(15)18-16(20)17-11-12-23(2,21)22/h5-6,9-10,13H,3-4,7-8,11-12H2,1-2H3,(H2,17,18,20). The van der Waals surface area contributed by atoms with E-state index in [4.69, 9.17) is 0 Å². The molecule has 0 spiro atoms. The van der Waals surface area contributed by atoms with Crippen molar-refractivity contribution in [2.45, 2.75) is 31.7 Å². The predicted molar refractivity (Wildman–Crippen MR) is 93.8 cm³/mol. The number of hydrogen-bond acceptors (Lipinski definition) is 4. The lowest BCUT2D eigenvalue weighted by atomic mass is 10.1. The fraction of sp³-hybridized carbons (Fsp3) is 0.562. The normalized spacial score (nSPS) is 15.4. The number of anilines is 2. The van der Waals surface area contributed by atoms with Crippen LogP contribution >= 0.6 is 0 Å². The van der Waals surface area contributed by atoms with Gasteiger partial charge in [0.25, 0.3) is 0 Å². The third kappa shape index (κ3) is 5.42. The van der Waals surface area contributed by atoms with Gasteiger partial charge in [-0.2, -0.15) is 0 Å². The summed E-state index contributed by atoms with van der Waals surface area (Å²) in [4.78, 5) is 14.2. The van der Waals surface area contributed by atoms with Gasteiger partial charge in [-0.25, -0.2) is 13.2 Å². The summed E-state index contributed by atoms with van der Waals surface area (Å²) >= 11 is 0. The molecule has 2 rings (SSSR count). The summed E-state index contributed by atoms with van der Waals surface area (Å²) in [6.45, 7) is 0.102. The van der Waals surface area contributed by atoms with Crippen LogP contribution in [0.3, 0.4) is 0 Å². The van der Waals surface area contributed by atoms with E-state index in [1.807, 2.05) is 24.3 Å². The highest BCUT2D eigenvalue weighted by atomic mass is 32.2. The molecule has 1 aromatic rings. The van der Waals surface area contributed by atoms with E-state index >= 15 is 0 Å². The fourth-order valence-corrected chi connectivity index (χ4v) is 3.36. The van der Waals surface area contributed by atoms with Gasteiger partial charge in [0.2, 0.25) is 0 Å². The lowest BCUT2D eigenvalue weighted by Gasteiger charge is -2.28. The molecule has 1 aliphatic rings. The lowest BCUT2D eigenvalue weighted by molar-refractivity contribution is 0.252. The molecule has 0 heterocycles. The lowest BCUT2D eigenvalue weighted by Crippen LogP contribution is -2.34. The van der Waals surface area contributed by atoms with E-state index in [0.29, 0.717) is 6.04 Å². The van der Waals surface area contributed by atoms with Gasteiger partial charge in [0.05, 0.1) is 17.1 Å². The van der Waals surface area contributed by atoms with Crippen LogP contribution in [0.1, 0.15) is 25.7 Å². The second-order valence-corrected chi connectivity index (χ2v) is 8.34. The van der Waals surface area contributed by atoms with Crippen LogP contribution < -0.4 is 15.5 Å². The largest absolute Gasteiger partial charge is 0.370 e. The van der Waals surface area contributed by atoms with Crippen LogP contribution in [-0.2, 0) is 9.84 Å². The van der Waals surface area contributed by atoms with Crippen molar-refractivity contribution in [1.82, 2.24) is 5.32 Å². The minimum absolute atomic E-state index is 0.0654. The average Bonchev–Trinajstić information content (AvgIpc) is 3.00. The Labute approximate surface area is 138 Å². The van der Waals surface area contributed by atoms with Crippen LogP contribution in [0.25, 0.3) is 0 Å². The Bertz CT molecular complexity index is 640. The molecule has 0 aliphatic heterocycles. The number of carbonyl (C=O) groups excluding carboxylic acids is 1.